The molecule has 0 spiro atoms. The van der Waals surface area contributed by atoms with Gasteiger partial charge in [0.15, 0.2) is 0 Å². The number of hydrogen-bond acceptors (Lipinski definition) is 4. The van der Waals surface area contributed by atoms with E-state index >= 15 is 0 Å². The second-order valence-electron chi connectivity index (χ2n) is 3.38. The molecular weight excluding hydrogens is 224 g/mol. The summed E-state index contributed by atoms with van der Waals surface area (Å²) in [5, 5.41) is 10.1. The average molecular weight is 238 g/mol. The minimum absolute atomic E-state index is 0.0295. The molecule has 1 aromatic rings. The van der Waals surface area contributed by atoms with Gasteiger partial charge in [-0.15, -0.1) is 0 Å². The van der Waals surface area contributed by atoms with E-state index in [1.54, 1.807) is 6.07 Å². The van der Waals surface area contributed by atoms with E-state index in [0.29, 0.717) is 17.0 Å². The fraction of sp³-hybridized carbons (Fsp3) is 0.400. The van der Waals surface area contributed by atoms with E-state index in [4.69, 9.17) is 18.0 Å². The summed E-state index contributed by atoms with van der Waals surface area (Å²) < 4.78 is 0. The highest BCUT2D eigenvalue weighted by Gasteiger charge is 2.12. The molecule has 86 valence electrons. The van der Waals surface area contributed by atoms with Crippen molar-refractivity contribution in [2.45, 2.75) is 25.8 Å². The van der Waals surface area contributed by atoms with Crippen molar-refractivity contribution in [3.8, 4) is 0 Å². The minimum Gasteiger partial charge on any atom is -0.393 e. The van der Waals surface area contributed by atoms with Gasteiger partial charge in [-0.2, -0.15) is 10.2 Å². The Hall–Kier alpha value is -1.56. The van der Waals surface area contributed by atoms with E-state index in [1.807, 2.05) is 6.92 Å². The number of nitrogens with zero attached hydrogens (tertiary/aromatic N) is 2. The van der Waals surface area contributed by atoms with Crippen LogP contribution in [0, 0.1) is 0 Å². The quantitative estimate of drug-likeness (QED) is 0.737. The van der Waals surface area contributed by atoms with E-state index in [0.717, 1.165) is 6.42 Å². The Morgan fingerprint density at radius 1 is 1.62 bits per heavy atom. The van der Waals surface area contributed by atoms with Crippen LogP contribution in [-0.2, 0) is 0 Å². The molecule has 0 aliphatic heterocycles. The molecule has 0 radical (unpaired) electrons. The van der Waals surface area contributed by atoms with Gasteiger partial charge in [0.05, 0.1) is 22.9 Å². The first-order valence-corrected chi connectivity index (χ1v) is 5.40. The molecule has 1 atom stereocenters. The zero-order chi connectivity index (χ0) is 12.0. The average Bonchev–Trinajstić information content (AvgIpc) is 2.28. The Labute approximate surface area is 99.4 Å². The fourth-order valence-electron chi connectivity index (χ4n) is 1.23. The van der Waals surface area contributed by atoms with E-state index in [2.05, 4.69) is 15.5 Å². The van der Waals surface area contributed by atoms with E-state index in [9.17, 15) is 4.79 Å². The summed E-state index contributed by atoms with van der Waals surface area (Å²) in [5.74, 6) is -0.182. The number of nitrogens with two attached hydrogens (primary N) is 1. The molecule has 0 saturated heterocycles. The molecule has 3 N–H and O–H groups in total. The molecule has 1 unspecified atom stereocenters. The standard InChI is InChI=1S/C10H14N4OS/c1-2-8(5-9(11)16)14-10(15)7-3-4-12-13-6-7/h3-4,6,8H,2,5H2,1H3,(H2,11,16)(H,14,15). The number of hydrogen-bond donors (Lipinski definition) is 2. The molecule has 0 saturated carbocycles. The molecule has 0 aliphatic rings. The Balaban J connectivity index is 2.59. The fourth-order valence-corrected chi connectivity index (χ4v) is 1.44. The van der Waals surface area contributed by atoms with Crippen LogP contribution in [0.25, 0.3) is 0 Å². The molecule has 5 nitrogen and oxygen atoms in total. The van der Waals surface area contributed by atoms with E-state index in [-0.39, 0.29) is 11.9 Å². The lowest BCUT2D eigenvalue weighted by atomic mass is 10.1. The van der Waals surface area contributed by atoms with Crippen molar-refractivity contribution in [2.24, 2.45) is 5.73 Å². The largest absolute Gasteiger partial charge is 0.393 e. The van der Waals surface area contributed by atoms with Crippen molar-refractivity contribution in [3.05, 3.63) is 24.0 Å². The summed E-state index contributed by atoms with van der Waals surface area (Å²) in [7, 11) is 0. The molecule has 1 rings (SSSR count). The maximum absolute atomic E-state index is 11.7. The van der Waals surface area contributed by atoms with Crippen LogP contribution in [0.4, 0.5) is 0 Å². The van der Waals surface area contributed by atoms with Crippen molar-refractivity contribution in [1.29, 1.82) is 0 Å². The first-order chi connectivity index (χ1) is 7.63. The molecule has 1 heterocycles. The minimum atomic E-state index is -0.182. The monoisotopic (exact) mass is 238 g/mol. The lowest BCUT2D eigenvalue weighted by Gasteiger charge is -2.15. The first kappa shape index (κ1) is 12.5. The third kappa shape index (κ3) is 3.90. The van der Waals surface area contributed by atoms with Gasteiger partial charge in [-0.05, 0) is 12.5 Å². The van der Waals surface area contributed by atoms with Gasteiger partial charge in [-0.25, -0.2) is 0 Å². The SMILES string of the molecule is CCC(CC(N)=S)NC(=O)c1ccnnc1. The van der Waals surface area contributed by atoms with Gasteiger partial charge < -0.3 is 11.1 Å². The van der Waals surface area contributed by atoms with Crippen LogP contribution in [0.3, 0.4) is 0 Å². The number of carbonyl (C=O) groups excluding carboxylic acids is 1. The Morgan fingerprint density at radius 2 is 2.38 bits per heavy atom. The van der Waals surface area contributed by atoms with Gasteiger partial charge in [-0.3, -0.25) is 4.79 Å². The van der Waals surface area contributed by atoms with Crippen LogP contribution in [0.1, 0.15) is 30.1 Å². The lowest BCUT2D eigenvalue weighted by molar-refractivity contribution is 0.0936. The molecule has 1 aromatic heterocycles. The van der Waals surface area contributed by atoms with Crippen molar-refractivity contribution < 1.29 is 4.79 Å². The summed E-state index contributed by atoms with van der Waals surface area (Å²) in [5.41, 5.74) is 5.92. The smallest absolute Gasteiger partial charge is 0.253 e. The highest BCUT2D eigenvalue weighted by molar-refractivity contribution is 7.80. The van der Waals surface area contributed by atoms with Crippen LogP contribution < -0.4 is 11.1 Å². The number of thiocarbonyl (C=S) groups is 1. The van der Waals surface area contributed by atoms with Crippen LogP contribution in [0.5, 0.6) is 0 Å². The highest BCUT2D eigenvalue weighted by atomic mass is 32.1. The number of aromatic nitrogens is 2. The van der Waals surface area contributed by atoms with Crippen LogP contribution in [0.15, 0.2) is 18.5 Å². The molecular formula is C10H14N4OS. The predicted molar refractivity (Wildman–Crippen MR) is 65.0 cm³/mol. The van der Waals surface area contributed by atoms with Crippen LogP contribution in [-0.4, -0.2) is 27.1 Å². The van der Waals surface area contributed by atoms with Crippen molar-refractivity contribution in [1.82, 2.24) is 15.5 Å². The summed E-state index contributed by atoms with van der Waals surface area (Å²) >= 11 is 4.81. The Kier molecular flexibility index (Phi) is 4.78. The molecule has 16 heavy (non-hydrogen) atoms. The first-order valence-electron chi connectivity index (χ1n) is 4.99. The van der Waals surface area contributed by atoms with Gasteiger partial charge >= 0.3 is 0 Å². The van der Waals surface area contributed by atoms with Gasteiger partial charge in [-0.1, -0.05) is 19.1 Å². The van der Waals surface area contributed by atoms with Crippen molar-refractivity contribution >= 4 is 23.1 Å². The normalized spacial score (nSPS) is 11.8. The van der Waals surface area contributed by atoms with Crippen molar-refractivity contribution in [2.75, 3.05) is 0 Å². The molecule has 0 aliphatic carbocycles. The molecule has 6 heteroatoms. The van der Waals surface area contributed by atoms with Crippen LogP contribution in [0.2, 0.25) is 0 Å². The van der Waals surface area contributed by atoms with Gasteiger partial charge in [0, 0.05) is 12.5 Å². The highest BCUT2D eigenvalue weighted by Crippen LogP contribution is 2.01. The summed E-state index contributed by atoms with van der Waals surface area (Å²) in [6, 6.07) is 1.58. The molecule has 0 aromatic carbocycles. The Morgan fingerprint density at radius 3 is 2.88 bits per heavy atom. The van der Waals surface area contributed by atoms with Gasteiger partial charge in [0.2, 0.25) is 0 Å². The van der Waals surface area contributed by atoms with E-state index < -0.39 is 0 Å². The topological polar surface area (TPSA) is 80.9 Å². The molecule has 0 fully saturated rings. The second kappa shape index (κ2) is 6.12. The number of amides is 1. The van der Waals surface area contributed by atoms with Crippen molar-refractivity contribution in [3.63, 3.8) is 0 Å². The van der Waals surface area contributed by atoms with Gasteiger partial charge in [0.1, 0.15) is 0 Å². The maximum atomic E-state index is 11.7. The van der Waals surface area contributed by atoms with E-state index in [1.165, 1.54) is 12.4 Å². The lowest BCUT2D eigenvalue weighted by Crippen LogP contribution is -2.37. The third-order valence-corrected chi connectivity index (χ3v) is 2.29. The summed E-state index contributed by atoms with van der Waals surface area (Å²) in [6.45, 7) is 1.97. The second-order valence-corrected chi connectivity index (χ2v) is 3.90. The predicted octanol–water partition coefficient (Wildman–Crippen LogP) is 0.661. The summed E-state index contributed by atoms with van der Waals surface area (Å²) in [6.07, 6.45) is 4.18. The zero-order valence-electron chi connectivity index (χ0n) is 9.01. The van der Waals surface area contributed by atoms with Gasteiger partial charge in [0.25, 0.3) is 5.91 Å². The number of rotatable bonds is 5. The van der Waals surface area contributed by atoms with Crippen LogP contribution >= 0.6 is 12.2 Å². The molecule has 0 bridgehead atoms. The third-order valence-electron chi connectivity index (χ3n) is 2.12. The Bertz CT molecular complexity index is 368. The maximum Gasteiger partial charge on any atom is 0.253 e. The number of nitrogens with one attached hydrogen (secondary N) is 1. The molecule has 1 amide bonds. The zero-order valence-corrected chi connectivity index (χ0v) is 9.83. The number of carbonyl (C=O) groups is 1. The summed E-state index contributed by atoms with van der Waals surface area (Å²) in [4.78, 5) is 12.1.